The van der Waals surface area contributed by atoms with Gasteiger partial charge in [0.1, 0.15) is 5.82 Å². The molecule has 7 heteroatoms. The molecule has 0 unspecified atom stereocenters. The van der Waals surface area contributed by atoms with Crippen LogP contribution in [0.5, 0.6) is 0 Å². The number of carbonyl (C=O) groups excluding carboxylic acids is 1. The largest absolute Gasteiger partial charge is 0.391 e. The predicted molar refractivity (Wildman–Crippen MR) is 88.1 cm³/mol. The maximum atomic E-state index is 12.1. The highest BCUT2D eigenvalue weighted by Crippen LogP contribution is 2.20. The summed E-state index contributed by atoms with van der Waals surface area (Å²) < 4.78 is 1.62. The number of nitrogens with one attached hydrogen (secondary N) is 3. The lowest BCUT2D eigenvalue weighted by atomic mass is 10.0. The van der Waals surface area contributed by atoms with E-state index in [0.29, 0.717) is 18.8 Å². The molecule has 1 aromatic heterocycles. The summed E-state index contributed by atoms with van der Waals surface area (Å²) >= 11 is 0. The van der Waals surface area contributed by atoms with Crippen LogP contribution in [0, 0.1) is 0 Å². The van der Waals surface area contributed by atoms with Crippen molar-refractivity contribution in [2.24, 2.45) is 7.05 Å². The van der Waals surface area contributed by atoms with E-state index in [2.05, 4.69) is 21.0 Å². The summed E-state index contributed by atoms with van der Waals surface area (Å²) in [6.07, 6.45) is 0.114. The lowest BCUT2D eigenvalue weighted by molar-refractivity contribution is 0.103. The van der Waals surface area contributed by atoms with Crippen LogP contribution >= 0.6 is 0 Å². The van der Waals surface area contributed by atoms with Crippen molar-refractivity contribution in [1.82, 2.24) is 20.4 Å². The number of aliphatic hydroxyl groups is 1. The third-order valence-corrected chi connectivity index (χ3v) is 3.95. The molecule has 3 rings (SSSR count). The molecule has 0 aliphatic carbocycles. The van der Waals surface area contributed by atoms with Gasteiger partial charge < -0.3 is 15.7 Å². The molecule has 23 heavy (non-hydrogen) atoms. The summed E-state index contributed by atoms with van der Waals surface area (Å²) in [6.45, 7) is 1.33. The first kappa shape index (κ1) is 15.5. The van der Waals surface area contributed by atoms with Gasteiger partial charge in [0.25, 0.3) is 0 Å². The van der Waals surface area contributed by atoms with Gasteiger partial charge in [-0.25, -0.2) is 4.79 Å². The van der Waals surface area contributed by atoms with Crippen LogP contribution in [0.15, 0.2) is 36.4 Å². The highest BCUT2D eigenvalue weighted by atomic mass is 16.3. The van der Waals surface area contributed by atoms with Crippen LogP contribution in [-0.2, 0) is 7.05 Å². The number of benzene rings is 1. The first-order valence-corrected chi connectivity index (χ1v) is 7.69. The fourth-order valence-electron chi connectivity index (χ4n) is 2.65. The third kappa shape index (κ3) is 3.69. The molecule has 2 amide bonds. The number of urea groups is 1. The van der Waals surface area contributed by atoms with Gasteiger partial charge >= 0.3 is 6.03 Å². The molecule has 7 nitrogen and oxygen atoms in total. The fourth-order valence-corrected chi connectivity index (χ4v) is 2.65. The minimum atomic E-state index is -0.520. The summed E-state index contributed by atoms with van der Waals surface area (Å²) in [7, 11) is 1.78. The van der Waals surface area contributed by atoms with E-state index in [1.165, 1.54) is 0 Å². The zero-order valence-electron chi connectivity index (χ0n) is 13.0. The van der Waals surface area contributed by atoms with Crippen LogP contribution in [0.2, 0.25) is 0 Å². The van der Waals surface area contributed by atoms with E-state index in [0.717, 1.165) is 17.8 Å². The summed E-state index contributed by atoms with van der Waals surface area (Å²) in [5.74, 6) is 0.597. The lowest BCUT2D eigenvalue weighted by Crippen LogP contribution is -2.54. The Morgan fingerprint density at radius 3 is 2.91 bits per heavy atom. The van der Waals surface area contributed by atoms with E-state index >= 15 is 0 Å². The predicted octanol–water partition coefficient (Wildman–Crippen LogP) is 0.931. The number of hydrogen-bond acceptors (Lipinski definition) is 4. The standard InChI is InChI=1S/C16H21N5O2/c1-21-15(9-12(20-21)11-5-3-2-4-6-11)19-16(23)18-13-10-17-8-7-14(13)22/h2-6,9,13-14,17,22H,7-8,10H2,1H3,(H2,18,19,23)/t13-,14-/m1/s1. The SMILES string of the molecule is Cn1nc(-c2ccccc2)cc1NC(=O)N[C@@H]1CNCC[C@H]1O. The molecule has 0 saturated carbocycles. The minimum absolute atomic E-state index is 0.287. The Morgan fingerprint density at radius 2 is 2.17 bits per heavy atom. The van der Waals surface area contributed by atoms with Crippen molar-refractivity contribution in [2.75, 3.05) is 18.4 Å². The van der Waals surface area contributed by atoms with E-state index < -0.39 is 6.10 Å². The van der Waals surface area contributed by atoms with Gasteiger partial charge in [-0.3, -0.25) is 10.00 Å². The van der Waals surface area contributed by atoms with Crippen molar-refractivity contribution in [3.05, 3.63) is 36.4 Å². The second-order valence-corrected chi connectivity index (χ2v) is 5.67. The molecule has 0 spiro atoms. The average Bonchev–Trinajstić information content (AvgIpc) is 2.91. The van der Waals surface area contributed by atoms with Gasteiger partial charge in [-0.15, -0.1) is 0 Å². The van der Waals surface area contributed by atoms with Gasteiger partial charge in [-0.1, -0.05) is 30.3 Å². The molecule has 1 aromatic carbocycles. The monoisotopic (exact) mass is 315 g/mol. The number of carbonyl (C=O) groups is 1. The first-order chi connectivity index (χ1) is 11.1. The Labute approximate surface area is 134 Å². The minimum Gasteiger partial charge on any atom is -0.391 e. The second-order valence-electron chi connectivity index (χ2n) is 5.67. The zero-order valence-corrected chi connectivity index (χ0v) is 13.0. The zero-order chi connectivity index (χ0) is 16.2. The Balaban J connectivity index is 1.66. The first-order valence-electron chi connectivity index (χ1n) is 7.69. The fraction of sp³-hybridized carbons (Fsp3) is 0.375. The molecule has 2 atom stereocenters. The Hall–Kier alpha value is -2.38. The van der Waals surface area contributed by atoms with Gasteiger partial charge in [0.15, 0.2) is 0 Å². The van der Waals surface area contributed by atoms with Gasteiger partial charge in [0, 0.05) is 25.2 Å². The van der Waals surface area contributed by atoms with Crippen molar-refractivity contribution in [3.63, 3.8) is 0 Å². The molecule has 122 valence electrons. The Morgan fingerprint density at radius 1 is 1.39 bits per heavy atom. The van der Waals surface area contributed by atoms with Crippen LogP contribution in [0.25, 0.3) is 11.3 Å². The molecule has 4 N–H and O–H groups in total. The Bertz CT molecular complexity index is 670. The van der Waals surface area contributed by atoms with E-state index in [1.807, 2.05) is 36.4 Å². The van der Waals surface area contributed by atoms with Gasteiger partial charge in [0.05, 0.1) is 17.8 Å². The van der Waals surface area contributed by atoms with Crippen molar-refractivity contribution in [3.8, 4) is 11.3 Å². The quantitative estimate of drug-likeness (QED) is 0.678. The molecule has 2 aromatic rings. The van der Waals surface area contributed by atoms with Crippen LogP contribution in [0.4, 0.5) is 10.6 Å². The number of nitrogens with zero attached hydrogens (tertiary/aromatic N) is 2. The average molecular weight is 315 g/mol. The molecular formula is C16H21N5O2. The molecule has 2 heterocycles. The second kappa shape index (κ2) is 6.80. The summed E-state index contributed by atoms with van der Waals surface area (Å²) in [5, 5.41) is 23.0. The topological polar surface area (TPSA) is 91.2 Å². The number of rotatable bonds is 3. The number of aryl methyl sites for hydroxylation is 1. The smallest absolute Gasteiger partial charge is 0.320 e. The molecular weight excluding hydrogens is 294 g/mol. The normalized spacial score (nSPS) is 21.0. The molecule has 1 aliphatic heterocycles. The molecule has 0 radical (unpaired) electrons. The molecule has 0 bridgehead atoms. The number of anilines is 1. The van der Waals surface area contributed by atoms with E-state index in [9.17, 15) is 9.90 Å². The van der Waals surface area contributed by atoms with E-state index in [-0.39, 0.29) is 12.1 Å². The number of amides is 2. The van der Waals surface area contributed by atoms with Crippen LogP contribution in [0.3, 0.4) is 0 Å². The maximum Gasteiger partial charge on any atom is 0.320 e. The van der Waals surface area contributed by atoms with E-state index in [4.69, 9.17) is 0 Å². The van der Waals surface area contributed by atoms with Crippen LogP contribution in [0.1, 0.15) is 6.42 Å². The highest BCUT2D eigenvalue weighted by Gasteiger charge is 2.24. The van der Waals surface area contributed by atoms with Crippen molar-refractivity contribution < 1.29 is 9.90 Å². The third-order valence-electron chi connectivity index (χ3n) is 3.95. The van der Waals surface area contributed by atoms with Crippen LogP contribution in [-0.4, -0.2) is 46.2 Å². The maximum absolute atomic E-state index is 12.1. The molecule has 1 saturated heterocycles. The number of aromatic nitrogens is 2. The number of aliphatic hydroxyl groups excluding tert-OH is 1. The van der Waals surface area contributed by atoms with Crippen LogP contribution < -0.4 is 16.0 Å². The summed E-state index contributed by atoms with van der Waals surface area (Å²) in [5.41, 5.74) is 1.78. The highest BCUT2D eigenvalue weighted by molar-refractivity contribution is 5.89. The van der Waals surface area contributed by atoms with Gasteiger partial charge in [-0.05, 0) is 13.0 Å². The van der Waals surface area contributed by atoms with Gasteiger partial charge in [0.2, 0.25) is 0 Å². The van der Waals surface area contributed by atoms with Crippen molar-refractivity contribution >= 4 is 11.8 Å². The van der Waals surface area contributed by atoms with Gasteiger partial charge in [-0.2, -0.15) is 5.10 Å². The van der Waals surface area contributed by atoms with Crippen molar-refractivity contribution in [2.45, 2.75) is 18.6 Å². The number of hydrogen-bond donors (Lipinski definition) is 4. The van der Waals surface area contributed by atoms with E-state index in [1.54, 1.807) is 11.7 Å². The summed E-state index contributed by atoms with van der Waals surface area (Å²) in [4.78, 5) is 12.1. The lowest BCUT2D eigenvalue weighted by Gasteiger charge is -2.29. The number of piperidine rings is 1. The van der Waals surface area contributed by atoms with Crippen molar-refractivity contribution in [1.29, 1.82) is 0 Å². The molecule has 1 fully saturated rings. The Kier molecular flexibility index (Phi) is 4.59. The summed E-state index contributed by atoms with van der Waals surface area (Å²) in [6, 6.07) is 11.0. The molecule has 1 aliphatic rings.